The molecular formula is C17H28N2O2. The van der Waals surface area contributed by atoms with E-state index in [0.717, 1.165) is 12.0 Å². The zero-order valence-electron chi connectivity index (χ0n) is 13.5. The fourth-order valence-electron chi connectivity index (χ4n) is 2.59. The Hall–Kier alpha value is -1.55. The number of benzene rings is 1. The maximum atomic E-state index is 12.4. The minimum atomic E-state index is -0.156. The summed E-state index contributed by atoms with van der Waals surface area (Å²) < 4.78 is 0. The predicted molar refractivity (Wildman–Crippen MR) is 85.9 cm³/mol. The molecule has 21 heavy (non-hydrogen) atoms. The molecule has 1 aromatic rings. The van der Waals surface area contributed by atoms with Crippen LogP contribution in [0.4, 0.5) is 0 Å². The number of carbonyl (C=O) groups excluding carboxylic acids is 1. The van der Waals surface area contributed by atoms with Gasteiger partial charge in [0.15, 0.2) is 0 Å². The lowest BCUT2D eigenvalue weighted by Gasteiger charge is -2.28. The number of para-hydroxylation sites is 1. The monoisotopic (exact) mass is 292 g/mol. The van der Waals surface area contributed by atoms with Crippen molar-refractivity contribution in [1.29, 1.82) is 0 Å². The van der Waals surface area contributed by atoms with Crippen LogP contribution in [0.2, 0.25) is 0 Å². The van der Waals surface area contributed by atoms with Crippen molar-refractivity contribution in [3.05, 3.63) is 29.8 Å². The molecule has 2 atom stereocenters. The van der Waals surface area contributed by atoms with Crippen molar-refractivity contribution < 1.29 is 9.90 Å². The van der Waals surface area contributed by atoms with Crippen molar-refractivity contribution >= 4 is 5.91 Å². The number of carbonyl (C=O) groups is 1. The first-order valence-corrected chi connectivity index (χ1v) is 7.60. The van der Waals surface area contributed by atoms with Crippen LogP contribution in [0.5, 0.6) is 5.75 Å². The van der Waals surface area contributed by atoms with E-state index in [-0.39, 0.29) is 23.6 Å². The highest BCUT2D eigenvalue weighted by Crippen LogP contribution is 2.28. The molecule has 0 bridgehead atoms. The van der Waals surface area contributed by atoms with Crippen LogP contribution >= 0.6 is 0 Å². The van der Waals surface area contributed by atoms with Crippen molar-refractivity contribution in [2.45, 2.75) is 39.7 Å². The molecular weight excluding hydrogens is 264 g/mol. The zero-order chi connectivity index (χ0) is 16.0. The molecule has 0 aliphatic heterocycles. The quantitative estimate of drug-likeness (QED) is 0.812. The highest BCUT2D eigenvalue weighted by Gasteiger charge is 2.22. The van der Waals surface area contributed by atoms with E-state index in [2.05, 4.69) is 13.8 Å². The van der Waals surface area contributed by atoms with Crippen molar-refractivity contribution in [2.24, 2.45) is 17.6 Å². The Bertz CT molecular complexity index is 460. The molecule has 0 fully saturated rings. The van der Waals surface area contributed by atoms with Crippen LogP contribution in [0.15, 0.2) is 24.3 Å². The molecule has 1 amide bonds. The molecule has 0 aromatic heterocycles. The van der Waals surface area contributed by atoms with Gasteiger partial charge >= 0.3 is 0 Å². The summed E-state index contributed by atoms with van der Waals surface area (Å²) in [7, 11) is 1.78. The van der Waals surface area contributed by atoms with Gasteiger partial charge in [0.2, 0.25) is 5.91 Å². The Labute approximate surface area is 128 Å². The van der Waals surface area contributed by atoms with Gasteiger partial charge in [-0.05, 0) is 37.8 Å². The lowest BCUT2D eigenvalue weighted by molar-refractivity contribution is -0.132. The normalized spacial score (nSPS) is 14.0. The van der Waals surface area contributed by atoms with Gasteiger partial charge in [0.1, 0.15) is 5.75 Å². The van der Waals surface area contributed by atoms with E-state index < -0.39 is 0 Å². The summed E-state index contributed by atoms with van der Waals surface area (Å²) in [5, 5.41) is 9.90. The Morgan fingerprint density at radius 1 is 1.29 bits per heavy atom. The molecule has 0 heterocycles. The summed E-state index contributed by atoms with van der Waals surface area (Å²) in [6.45, 7) is 6.73. The van der Waals surface area contributed by atoms with E-state index in [9.17, 15) is 9.90 Å². The summed E-state index contributed by atoms with van der Waals surface area (Å²) in [6, 6.07) is 6.98. The van der Waals surface area contributed by atoms with Crippen LogP contribution in [0.1, 0.15) is 45.2 Å². The third-order valence-electron chi connectivity index (χ3n) is 3.96. The Morgan fingerprint density at radius 3 is 2.43 bits per heavy atom. The molecule has 0 aliphatic carbocycles. The van der Waals surface area contributed by atoms with Gasteiger partial charge in [-0.2, -0.15) is 0 Å². The van der Waals surface area contributed by atoms with E-state index in [1.54, 1.807) is 24.1 Å². The molecule has 1 aromatic carbocycles. The minimum Gasteiger partial charge on any atom is -0.508 e. The lowest BCUT2D eigenvalue weighted by atomic mass is 9.93. The van der Waals surface area contributed by atoms with Crippen LogP contribution in [0, 0.1) is 11.8 Å². The van der Waals surface area contributed by atoms with Crippen LogP contribution in [-0.2, 0) is 4.79 Å². The van der Waals surface area contributed by atoms with Crippen molar-refractivity contribution in [1.82, 2.24) is 4.90 Å². The van der Waals surface area contributed by atoms with E-state index in [0.29, 0.717) is 18.9 Å². The van der Waals surface area contributed by atoms with Crippen LogP contribution in [-0.4, -0.2) is 29.5 Å². The minimum absolute atomic E-state index is 0.0712. The first kappa shape index (κ1) is 17.5. The van der Waals surface area contributed by atoms with Crippen LogP contribution in [0.3, 0.4) is 0 Å². The molecule has 1 unspecified atom stereocenters. The van der Waals surface area contributed by atoms with E-state index in [4.69, 9.17) is 5.73 Å². The fourth-order valence-corrected chi connectivity index (χ4v) is 2.59. The first-order chi connectivity index (χ1) is 9.86. The number of phenols is 1. The summed E-state index contributed by atoms with van der Waals surface area (Å²) in [5.41, 5.74) is 6.54. The Morgan fingerprint density at radius 2 is 1.90 bits per heavy atom. The average molecular weight is 292 g/mol. The summed E-state index contributed by atoms with van der Waals surface area (Å²) >= 11 is 0. The largest absolute Gasteiger partial charge is 0.508 e. The van der Waals surface area contributed by atoms with Crippen molar-refractivity contribution in [3.8, 4) is 5.75 Å². The molecule has 0 aliphatic rings. The number of phenolic OH excluding ortho intramolecular Hbond substituents is 1. The third-order valence-corrected chi connectivity index (χ3v) is 3.96. The van der Waals surface area contributed by atoms with E-state index >= 15 is 0 Å². The van der Waals surface area contributed by atoms with Gasteiger partial charge in [0.25, 0.3) is 0 Å². The highest BCUT2D eigenvalue weighted by atomic mass is 16.3. The summed E-state index contributed by atoms with van der Waals surface area (Å²) in [4.78, 5) is 14.1. The average Bonchev–Trinajstić information content (AvgIpc) is 2.44. The number of aromatic hydroxyl groups is 1. The zero-order valence-corrected chi connectivity index (χ0v) is 13.5. The molecule has 0 saturated heterocycles. The molecule has 3 N–H and O–H groups in total. The molecule has 0 radical (unpaired) electrons. The molecule has 118 valence electrons. The van der Waals surface area contributed by atoms with Crippen molar-refractivity contribution in [2.75, 3.05) is 13.6 Å². The number of rotatable bonds is 7. The molecule has 0 spiro atoms. The predicted octanol–water partition coefficient (Wildman–Crippen LogP) is 2.92. The van der Waals surface area contributed by atoms with Gasteiger partial charge in [-0.15, -0.1) is 0 Å². The first-order valence-electron chi connectivity index (χ1n) is 7.60. The van der Waals surface area contributed by atoms with E-state index in [1.807, 2.05) is 19.1 Å². The topological polar surface area (TPSA) is 66.6 Å². The third kappa shape index (κ3) is 5.05. The van der Waals surface area contributed by atoms with Crippen LogP contribution < -0.4 is 5.73 Å². The van der Waals surface area contributed by atoms with Gasteiger partial charge in [-0.3, -0.25) is 4.79 Å². The Balaban J connectivity index is 2.71. The fraction of sp³-hybridized carbons (Fsp3) is 0.588. The standard InChI is InChI=1S/C17H28N2O2/c1-12(2)9-14(11-18)10-17(21)19(4)13(3)15-7-5-6-8-16(15)20/h5-8,12-14,20H,9-11,18H2,1-4H3/t13?,14-/m0/s1. The van der Waals surface area contributed by atoms with Gasteiger partial charge in [0.05, 0.1) is 6.04 Å². The maximum absolute atomic E-state index is 12.4. The molecule has 4 nitrogen and oxygen atoms in total. The lowest BCUT2D eigenvalue weighted by Crippen LogP contribution is -2.33. The molecule has 1 rings (SSSR count). The van der Waals surface area contributed by atoms with Crippen molar-refractivity contribution in [3.63, 3.8) is 0 Å². The highest BCUT2D eigenvalue weighted by molar-refractivity contribution is 5.76. The molecule has 0 saturated carbocycles. The second kappa shape index (κ2) is 8.03. The SMILES string of the molecule is CC(C)C[C@H](CN)CC(=O)N(C)C(C)c1ccccc1O. The number of hydrogen-bond acceptors (Lipinski definition) is 3. The number of amides is 1. The van der Waals surface area contributed by atoms with E-state index in [1.165, 1.54) is 0 Å². The van der Waals surface area contributed by atoms with Gasteiger partial charge in [0, 0.05) is 19.0 Å². The second-order valence-electron chi connectivity index (χ2n) is 6.17. The summed E-state index contributed by atoms with van der Waals surface area (Å²) in [6.07, 6.45) is 1.42. The smallest absolute Gasteiger partial charge is 0.223 e. The number of nitrogens with two attached hydrogens (primary N) is 1. The number of nitrogens with zero attached hydrogens (tertiary/aromatic N) is 1. The maximum Gasteiger partial charge on any atom is 0.223 e. The Kier molecular flexibility index (Phi) is 6.69. The number of hydrogen-bond donors (Lipinski definition) is 2. The van der Waals surface area contributed by atoms with Gasteiger partial charge in [-0.1, -0.05) is 32.0 Å². The molecule has 4 heteroatoms. The summed E-state index contributed by atoms with van der Waals surface area (Å²) in [5.74, 6) is 1.05. The van der Waals surface area contributed by atoms with Gasteiger partial charge in [-0.25, -0.2) is 0 Å². The van der Waals surface area contributed by atoms with Crippen LogP contribution in [0.25, 0.3) is 0 Å². The second-order valence-corrected chi connectivity index (χ2v) is 6.17. The van der Waals surface area contributed by atoms with Gasteiger partial charge < -0.3 is 15.7 Å².